The van der Waals surface area contributed by atoms with Crippen molar-refractivity contribution in [2.45, 2.75) is 26.7 Å². The van der Waals surface area contributed by atoms with E-state index in [0.717, 1.165) is 12.0 Å². The minimum Gasteiger partial charge on any atom is -0.388 e. The number of hydrogen-bond acceptors (Lipinski definition) is 3. The topological polar surface area (TPSA) is 55.2 Å². The lowest BCUT2D eigenvalue weighted by atomic mass is 10.1. The molecule has 0 saturated carbocycles. The van der Waals surface area contributed by atoms with E-state index in [9.17, 15) is 10.1 Å². The van der Waals surface area contributed by atoms with Gasteiger partial charge in [-0.25, -0.2) is 0 Å². The summed E-state index contributed by atoms with van der Waals surface area (Å²) in [6.07, 6.45) is 4.80. The van der Waals surface area contributed by atoms with Crippen LogP contribution in [0.4, 0.5) is 0 Å². The van der Waals surface area contributed by atoms with Gasteiger partial charge in [0.2, 0.25) is 0 Å². The zero-order valence-electron chi connectivity index (χ0n) is 8.33. The molecule has 0 aromatic heterocycles. The molecule has 13 heavy (non-hydrogen) atoms. The Morgan fingerprint density at radius 2 is 2.15 bits per heavy atom. The number of rotatable bonds is 5. The predicted molar refractivity (Wildman–Crippen MR) is 52.8 cm³/mol. The van der Waals surface area contributed by atoms with Gasteiger partial charge < -0.3 is 5.32 Å². The lowest BCUT2D eigenvalue weighted by Crippen LogP contribution is -2.07. The van der Waals surface area contributed by atoms with Crippen molar-refractivity contribution >= 4 is 0 Å². The molecule has 0 spiro atoms. The summed E-state index contributed by atoms with van der Waals surface area (Å²) < 4.78 is 0. The summed E-state index contributed by atoms with van der Waals surface area (Å²) in [7, 11) is 1.66. The van der Waals surface area contributed by atoms with Gasteiger partial charge in [-0.05, 0) is 12.8 Å². The summed E-state index contributed by atoms with van der Waals surface area (Å²) in [5.74, 6) is 0. The summed E-state index contributed by atoms with van der Waals surface area (Å²) >= 11 is 0. The molecule has 0 atom stereocenters. The second-order valence-electron chi connectivity index (χ2n) is 2.57. The van der Waals surface area contributed by atoms with Gasteiger partial charge in [-0.3, -0.25) is 10.1 Å². The first-order chi connectivity index (χ1) is 6.17. The highest BCUT2D eigenvalue weighted by atomic mass is 16.6. The third-order valence-corrected chi connectivity index (χ3v) is 1.64. The molecule has 0 bridgehead atoms. The van der Waals surface area contributed by atoms with Crippen molar-refractivity contribution < 1.29 is 4.92 Å². The van der Waals surface area contributed by atoms with E-state index in [0.29, 0.717) is 6.42 Å². The van der Waals surface area contributed by atoms with Gasteiger partial charge in [0.1, 0.15) is 0 Å². The Balaban J connectivity index is 4.81. The van der Waals surface area contributed by atoms with Crippen molar-refractivity contribution in [3.63, 3.8) is 0 Å². The molecule has 0 aromatic rings. The third kappa shape index (κ3) is 3.73. The number of allylic oxidation sites excluding steroid dienone is 2. The molecule has 0 heterocycles. The Labute approximate surface area is 78.5 Å². The van der Waals surface area contributed by atoms with Gasteiger partial charge in [0, 0.05) is 12.6 Å². The van der Waals surface area contributed by atoms with Crippen molar-refractivity contribution in [2.75, 3.05) is 7.05 Å². The van der Waals surface area contributed by atoms with Gasteiger partial charge in [0.15, 0.2) is 0 Å². The molecule has 0 rings (SSSR count). The molecule has 4 heteroatoms. The molecule has 0 fully saturated rings. The van der Waals surface area contributed by atoms with Crippen LogP contribution in [0.1, 0.15) is 26.7 Å². The van der Waals surface area contributed by atoms with Crippen LogP contribution in [0.2, 0.25) is 0 Å². The maximum Gasteiger partial charge on any atom is 0.287 e. The fourth-order valence-corrected chi connectivity index (χ4v) is 1.08. The quantitative estimate of drug-likeness (QED) is 0.404. The second kappa shape index (κ2) is 6.22. The Kier molecular flexibility index (Phi) is 5.59. The Hall–Kier alpha value is -1.32. The van der Waals surface area contributed by atoms with Crippen LogP contribution in [0.15, 0.2) is 23.5 Å². The van der Waals surface area contributed by atoms with Gasteiger partial charge in [-0.2, -0.15) is 0 Å². The number of hydrogen-bond donors (Lipinski definition) is 1. The van der Waals surface area contributed by atoms with Crippen molar-refractivity contribution in [2.24, 2.45) is 0 Å². The first-order valence-electron chi connectivity index (χ1n) is 4.38. The maximum atomic E-state index is 10.6. The lowest BCUT2D eigenvalue weighted by molar-refractivity contribution is -0.421. The monoisotopic (exact) mass is 184 g/mol. The van der Waals surface area contributed by atoms with Gasteiger partial charge in [-0.15, -0.1) is 0 Å². The minimum absolute atomic E-state index is 0.159. The van der Waals surface area contributed by atoms with E-state index in [-0.39, 0.29) is 10.6 Å². The summed E-state index contributed by atoms with van der Waals surface area (Å²) in [6, 6.07) is 0. The van der Waals surface area contributed by atoms with E-state index in [1.807, 2.05) is 19.9 Å². The summed E-state index contributed by atoms with van der Waals surface area (Å²) in [5, 5.41) is 13.3. The fraction of sp³-hybridized carbons (Fsp3) is 0.556. The summed E-state index contributed by atoms with van der Waals surface area (Å²) in [4.78, 5) is 10.3. The van der Waals surface area contributed by atoms with Crippen LogP contribution >= 0.6 is 0 Å². The lowest BCUT2D eigenvalue weighted by Gasteiger charge is -2.01. The normalized spacial score (nSPS) is 12.8. The molecule has 0 aromatic carbocycles. The highest BCUT2D eigenvalue weighted by Gasteiger charge is 2.14. The van der Waals surface area contributed by atoms with E-state index >= 15 is 0 Å². The third-order valence-electron chi connectivity index (χ3n) is 1.64. The Morgan fingerprint density at radius 3 is 2.46 bits per heavy atom. The van der Waals surface area contributed by atoms with Crippen molar-refractivity contribution in [3.05, 3.63) is 33.7 Å². The van der Waals surface area contributed by atoms with Crippen LogP contribution < -0.4 is 5.32 Å². The highest BCUT2D eigenvalue weighted by Crippen LogP contribution is 2.14. The Bertz CT molecular complexity index is 232. The zero-order valence-corrected chi connectivity index (χ0v) is 8.33. The van der Waals surface area contributed by atoms with E-state index in [2.05, 4.69) is 5.32 Å². The van der Waals surface area contributed by atoms with Crippen LogP contribution in [0, 0.1) is 10.1 Å². The van der Waals surface area contributed by atoms with E-state index in [1.54, 1.807) is 7.05 Å². The van der Waals surface area contributed by atoms with Gasteiger partial charge in [0.25, 0.3) is 5.70 Å². The molecular weight excluding hydrogens is 168 g/mol. The van der Waals surface area contributed by atoms with Crippen LogP contribution in [-0.2, 0) is 0 Å². The van der Waals surface area contributed by atoms with Gasteiger partial charge in [0.05, 0.1) is 11.1 Å². The SMILES string of the molecule is CC/C=C(CC)/C(=C\NC)[N+](=O)[O-]. The number of nitrogens with zero attached hydrogens (tertiary/aromatic N) is 1. The van der Waals surface area contributed by atoms with E-state index < -0.39 is 0 Å². The standard InChI is InChI=1S/C9H16N2O2/c1-4-6-8(5-2)9(7-10-3)11(12)13/h6-7,10H,4-5H2,1-3H3/b8-6+,9-7+. The molecule has 74 valence electrons. The predicted octanol–water partition coefficient (Wildman–Crippen LogP) is 2.07. The van der Waals surface area contributed by atoms with Crippen LogP contribution in [0.3, 0.4) is 0 Å². The molecule has 0 radical (unpaired) electrons. The van der Waals surface area contributed by atoms with Crippen molar-refractivity contribution in [3.8, 4) is 0 Å². The minimum atomic E-state index is -0.360. The summed E-state index contributed by atoms with van der Waals surface area (Å²) in [6.45, 7) is 3.88. The van der Waals surface area contributed by atoms with E-state index in [4.69, 9.17) is 0 Å². The van der Waals surface area contributed by atoms with Crippen LogP contribution in [0.25, 0.3) is 0 Å². The largest absolute Gasteiger partial charge is 0.388 e. The first kappa shape index (κ1) is 11.7. The molecule has 0 amide bonds. The number of nitro groups is 1. The van der Waals surface area contributed by atoms with Crippen LogP contribution in [-0.4, -0.2) is 12.0 Å². The molecule has 0 aliphatic rings. The molecule has 0 saturated heterocycles. The average Bonchev–Trinajstić information content (AvgIpc) is 2.10. The van der Waals surface area contributed by atoms with Crippen molar-refractivity contribution in [1.82, 2.24) is 5.32 Å². The van der Waals surface area contributed by atoms with E-state index in [1.165, 1.54) is 6.20 Å². The molecule has 1 N–H and O–H groups in total. The van der Waals surface area contributed by atoms with Gasteiger partial charge in [-0.1, -0.05) is 19.9 Å². The number of nitrogens with one attached hydrogen (secondary N) is 1. The zero-order chi connectivity index (χ0) is 10.3. The Morgan fingerprint density at radius 1 is 1.54 bits per heavy atom. The highest BCUT2D eigenvalue weighted by molar-refractivity contribution is 5.23. The summed E-state index contributed by atoms with van der Waals surface area (Å²) in [5.41, 5.74) is 0.939. The molecule has 0 unspecified atom stereocenters. The molecular formula is C9H16N2O2. The molecule has 0 aliphatic carbocycles. The first-order valence-corrected chi connectivity index (χ1v) is 4.38. The van der Waals surface area contributed by atoms with Gasteiger partial charge >= 0.3 is 0 Å². The average molecular weight is 184 g/mol. The molecule has 4 nitrogen and oxygen atoms in total. The fourth-order valence-electron chi connectivity index (χ4n) is 1.08. The van der Waals surface area contributed by atoms with Crippen LogP contribution in [0.5, 0.6) is 0 Å². The smallest absolute Gasteiger partial charge is 0.287 e. The molecule has 0 aliphatic heterocycles. The van der Waals surface area contributed by atoms with Crippen molar-refractivity contribution in [1.29, 1.82) is 0 Å². The second-order valence-corrected chi connectivity index (χ2v) is 2.57. The maximum absolute atomic E-state index is 10.6.